The van der Waals surface area contributed by atoms with Crippen molar-refractivity contribution in [2.24, 2.45) is 5.92 Å². The summed E-state index contributed by atoms with van der Waals surface area (Å²) in [4.78, 5) is 9.46. The molecule has 194 valence electrons. The van der Waals surface area contributed by atoms with Gasteiger partial charge < -0.3 is 25.4 Å². The number of hydrogen-bond donors (Lipinski definition) is 4. The van der Waals surface area contributed by atoms with Crippen LogP contribution in [0.2, 0.25) is 0 Å². The summed E-state index contributed by atoms with van der Waals surface area (Å²) in [5.41, 5.74) is 2.31. The Hall–Kier alpha value is -2.47. The van der Waals surface area contributed by atoms with Gasteiger partial charge >= 0.3 is 0 Å². The predicted octanol–water partition coefficient (Wildman–Crippen LogP) is 2.75. The van der Waals surface area contributed by atoms with Crippen LogP contribution in [0.5, 0.6) is 5.75 Å². The van der Waals surface area contributed by atoms with Gasteiger partial charge in [-0.2, -0.15) is 0 Å². The summed E-state index contributed by atoms with van der Waals surface area (Å²) in [7, 11) is 0. The molecule has 2 fully saturated rings. The van der Waals surface area contributed by atoms with E-state index in [1.165, 1.54) is 5.56 Å². The van der Waals surface area contributed by atoms with Gasteiger partial charge in [-0.15, -0.1) is 5.10 Å². The molecule has 0 amide bonds. The van der Waals surface area contributed by atoms with Crippen molar-refractivity contribution in [3.05, 3.63) is 29.8 Å². The van der Waals surface area contributed by atoms with Crippen LogP contribution >= 0.6 is 11.8 Å². The standard InChI is InChI=1S/C25H34N6O4S/c1-4-9-36-25-27-23(26-18-11-17(18)14-5-7-16(8-6-14)35-13(2)3)20-24(28-25)31(30-29-20)19-10-15(12-32)21(33)22(19)34/h5-8,13,15,17-19,21-22,32-34H,4,9-12H2,1-3H3,(H,26,27,28)/t15-,17?,18?,19-,21-,22+/m1/s1. The van der Waals surface area contributed by atoms with E-state index in [2.05, 4.69) is 34.7 Å². The van der Waals surface area contributed by atoms with E-state index in [1.54, 1.807) is 16.4 Å². The zero-order chi connectivity index (χ0) is 25.4. The molecule has 2 aromatic heterocycles. The number of anilines is 1. The minimum atomic E-state index is -1.05. The maximum atomic E-state index is 10.6. The van der Waals surface area contributed by atoms with E-state index >= 15 is 0 Å². The highest BCUT2D eigenvalue weighted by molar-refractivity contribution is 7.99. The molecular formula is C25H34N6O4S. The van der Waals surface area contributed by atoms with E-state index in [4.69, 9.17) is 14.7 Å². The Kier molecular flexibility index (Phi) is 7.34. The lowest BCUT2D eigenvalue weighted by Gasteiger charge is -2.17. The third-order valence-electron chi connectivity index (χ3n) is 6.85. The molecule has 5 rings (SSSR count). The molecule has 10 nitrogen and oxygen atoms in total. The van der Waals surface area contributed by atoms with Crippen molar-refractivity contribution < 1.29 is 20.1 Å². The van der Waals surface area contributed by atoms with Crippen molar-refractivity contribution in [2.45, 2.75) is 81.5 Å². The number of nitrogens with zero attached hydrogens (tertiary/aromatic N) is 5. The second kappa shape index (κ2) is 10.5. The van der Waals surface area contributed by atoms with Crippen molar-refractivity contribution in [3.63, 3.8) is 0 Å². The lowest BCUT2D eigenvalue weighted by molar-refractivity contribution is -0.00512. The van der Waals surface area contributed by atoms with E-state index in [0.29, 0.717) is 34.5 Å². The molecule has 3 aromatic rings. The smallest absolute Gasteiger partial charge is 0.191 e. The van der Waals surface area contributed by atoms with Gasteiger partial charge in [-0.05, 0) is 50.8 Å². The molecule has 36 heavy (non-hydrogen) atoms. The van der Waals surface area contributed by atoms with Gasteiger partial charge in [0.05, 0.1) is 18.2 Å². The molecule has 1 aromatic carbocycles. The van der Waals surface area contributed by atoms with E-state index in [0.717, 1.165) is 24.3 Å². The molecule has 2 aliphatic carbocycles. The van der Waals surface area contributed by atoms with Crippen molar-refractivity contribution in [3.8, 4) is 5.75 Å². The van der Waals surface area contributed by atoms with Gasteiger partial charge in [-0.3, -0.25) is 0 Å². The second-order valence-electron chi connectivity index (χ2n) is 9.97. The van der Waals surface area contributed by atoms with Crippen LogP contribution in [0.25, 0.3) is 11.2 Å². The zero-order valence-corrected chi connectivity index (χ0v) is 21.6. The highest BCUT2D eigenvalue weighted by Gasteiger charge is 2.44. The van der Waals surface area contributed by atoms with Gasteiger partial charge in [-0.25, -0.2) is 14.6 Å². The van der Waals surface area contributed by atoms with E-state index in [-0.39, 0.29) is 18.8 Å². The molecule has 0 saturated heterocycles. The van der Waals surface area contributed by atoms with E-state index < -0.39 is 24.2 Å². The maximum absolute atomic E-state index is 10.6. The molecule has 0 spiro atoms. The number of hydrogen-bond acceptors (Lipinski definition) is 10. The fraction of sp³-hybridized carbons (Fsp3) is 0.600. The van der Waals surface area contributed by atoms with Crippen molar-refractivity contribution >= 4 is 28.7 Å². The lowest BCUT2D eigenvalue weighted by Crippen LogP contribution is -2.30. The summed E-state index contributed by atoms with van der Waals surface area (Å²) in [6.45, 7) is 5.93. The fourth-order valence-corrected chi connectivity index (χ4v) is 5.57. The Morgan fingerprint density at radius 2 is 1.92 bits per heavy atom. The number of aliphatic hydroxyl groups excluding tert-OH is 3. The van der Waals surface area contributed by atoms with Gasteiger partial charge in [0.1, 0.15) is 11.9 Å². The van der Waals surface area contributed by atoms with E-state index in [9.17, 15) is 15.3 Å². The number of fused-ring (bicyclic) bond motifs is 1. The van der Waals surface area contributed by atoms with Crippen LogP contribution in [-0.2, 0) is 0 Å². The Morgan fingerprint density at radius 3 is 2.58 bits per heavy atom. The largest absolute Gasteiger partial charge is 0.491 e. The first-order chi connectivity index (χ1) is 17.4. The van der Waals surface area contributed by atoms with Gasteiger partial charge in [0, 0.05) is 30.2 Å². The highest BCUT2D eigenvalue weighted by Crippen LogP contribution is 2.44. The molecule has 2 aliphatic rings. The molecule has 11 heteroatoms. The monoisotopic (exact) mass is 514 g/mol. The molecule has 0 radical (unpaired) electrons. The number of aromatic nitrogens is 5. The predicted molar refractivity (Wildman–Crippen MR) is 137 cm³/mol. The van der Waals surface area contributed by atoms with Crippen LogP contribution in [0.15, 0.2) is 29.4 Å². The number of benzene rings is 1. The fourth-order valence-electron chi connectivity index (χ4n) is 4.88. The topological polar surface area (TPSA) is 138 Å². The Labute approximate surface area is 214 Å². The maximum Gasteiger partial charge on any atom is 0.191 e. The molecule has 2 heterocycles. The Bertz CT molecular complexity index is 1190. The van der Waals surface area contributed by atoms with Crippen LogP contribution in [0.4, 0.5) is 5.82 Å². The van der Waals surface area contributed by atoms with Crippen LogP contribution in [0, 0.1) is 5.92 Å². The number of nitrogens with one attached hydrogen (secondary N) is 1. The quantitative estimate of drug-likeness (QED) is 0.236. The third-order valence-corrected chi connectivity index (χ3v) is 7.90. The molecule has 4 N–H and O–H groups in total. The first kappa shape index (κ1) is 25.2. The molecule has 6 atom stereocenters. The first-order valence-electron chi connectivity index (χ1n) is 12.7. The minimum Gasteiger partial charge on any atom is -0.491 e. The molecule has 0 aliphatic heterocycles. The SMILES string of the molecule is CCCSc1nc(NC2CC2c2ccc(OC(C)C)cc2)c2nnn([C@@H]3C[C@H](CO)[C@@H](O)[C@H]3O)c2n1. The summed E-state index contributed by atoms with van der Waals surface area (Å²) in [5, 5.41) is 43.4. The van der Waals surface area contributed by atoms with Crippen molar-refractivity contribution in [1.29, 1.82) is 0 Å². The average Bonchev–Trinajstić information content (AvgIpc) is 3.40. The van der Waals surface area contributed by atoms with E-state index in [1.807, 2.05) is 26.0 Å². The van der Waals surface area contributed by atoms with Crippen LogP contribution < -0.4 is 10.1 Å². The third kappa shape index (κ3) is 5.02. The average molecular weight is 515 g/mol. The number of rotatable bonds is 10. The summed E-state index contributed by atoms with van der Waals surface area (Å²) >= 11 is 1.56. The number of thioether (sulfide) groups is 1. The molecule has 2 saturated carbocycles. The number of aliphatic hydroxyl groups is 3. The van der Waals surface area contributed by atoms with Crippen LogP contribution in [0.1, 0.15) is 57.6 Å². The Balaban J connectivity index is 1.39. The van der Waals surface area contributed by atoms with Crippen molar-refractivity contribution in [2.75, 3.05) is 17.7 Å². The lowest BCUT2D eigenvalue weighted by atomic mass is 10.1. The number of ether oxygens (including phenoxy) is 1. The van der Waals surface area contributed by atoms with Gasteiger partial charge in [0.2, 0.25) is 0 Å². The van der Waals surface area contributed by atoms with Crippen molar-refractivity contribution in [1.82, 2.24) is 25.0 Å². The van der Waals surface area contributed by atoms with Crippen LogP contribution in [-0.4, -0.2) is 77.0 Å². The second-order valence-corrected chi connectivity index (χ2v) is 11.0. The molecular weight excluding hydrogens is 480 g/mol. The van der Waals surface area contributed by atoms with Gasteiger partial charge in [-0.1, -0.05) is 36.0 Å². The highest BCUT2D eigenvalue weighted by atomic mass is 32.2. The zero-order valence-electron chi connectivity index (χ0n) is 20.8. The minimum absolute atomic E-state index is 0.141. The van der Waals surface area contributed by atoms with Crippen LogP contribution in [0.3, 0.4) is 0 Å². The van der Waals surface area contributed by atoms with Gasteiger partial charge in [0.25, 0.3) is 0 Å². The first-order valence-corrected chi connectivity index (χ1v) is 13.6. The molecule has 0 bridgehead atoms. The summed E-state index contributed by atoms with van der Waals surface area (Å²) in [5.74, 6) is 2.32. The summed E-state index contributed by atoms with van der Waals surface area (Å²) in [6, 6.07) is 7.95. The normalized spacial score (nSPS) is 27.6. The molecule has 2 unspecified atom stereocenters. The Morgan fingerprint density at radius 1 is 1.14 bits per heavy atom. The summed E-state index contributed by atoms with van der Waals surface area (Å²) in [6.07, 6.45) is 0.426. The summed E-state index contributed by atoms with van der Waals surface area (Å²) < 4.78 is 7.34. The van der Waals surface area contributed by atoms with Gasteiger partial charge in [0.15, 0.2) is 22.1 Å².